The fraction of sp³-hybridized carbons (Fsp3) is 0.143. The van der Waals surface area contributed by atoms with Gasteiger partial charge in [0.25, 0.3) is 0 Å². The van der Waals surface area contributed by atoms with E-state index in [-0.39, 0.29) is 5.56 Å². The Bertz CT molecular complexity index is 523. The summed E-state index contributed by atoms with van der Waals surface area (Å²) in [5.74, 6) is -0.415. The Morgan fingerprint density at radius 3 is 2.41 bits per heavy atom. The SMILES string of the molecule is CC(O)(c1ccccc1)c1cc(Br)ccc1F. The van der Waals surface area contributed by atoms with Crippen LogP contribution in [0.25, 0.3) is 0 Å². The average molecular weight is 295 g/mol. The van der Waals surface area contributed by atoms with Crippen LogP contribution in [0.1, 0.15) is 18.1 Å². The molecule has 0 spiro atoms. The zero-order valence-electron chi connectivity index (χ0n) is 9.32. The molecule has 1 atom stereocenters. The zero-order valence-corrected chi connectivity index (χ0v) is 10.9. The van der Waals surface area contributed by atoms with Crippen LogP contribution in [-0.2, 0) is 5.60 Å². The largest absolute Gasteiger partial charge is 0.381 e. The van der Waals surface area contributed by atoms with Gasteiger partial charge in [0.1, 0.15) is 11.4 Å². The molecule has 1 N–H and O–H groups in total. The molecule has 2 aromatic carbocycles. The predicted molar refractivity (Wildman–Crippen MR) is 69.2 cm³/mol. The van der Waals surface area contributed by atoms with E-state index in [1.165, 1.54) is 6.07 Å². The van der Waals surface area contributed by atoms with Crippen LogP contribution in [0, 0.1) is 5.82 Å². The van der Waals surface area contributed by atoms with Gasteiger partial charge in [-0.3, -0.25) is 0 Å². The lowest BCUT2D eigenvalue weighted by Crippen LogP contribution is -2.24. The van der Waals surface area contributed by atoms with E-state index < -0.39 is 11.4 Å². The second kappa shape index (κ2) is 4.59. The van der Waals surface area contributed by atoms with E-state index in [1.54, 1.807) is 31.2 Å². The topological polar surface area (TPSA) is 20.2 Å². The van der Waals surface area contributed by atoms with Gasteiger partial charge < -0.3 is 5.11 Å². The average Bonchev–Trinajstić information content (AvgIpc) is 2.33. The molecule has 0 heterocycles. The van der Waals surface area contributed by atoms with Crippen LogP contribution >= 0.6 is 15.9 Å². The lowest BCUT2D eigenvalue weighted by atomic mass is 9.88. The summed E-state index contributed by atoms with van der Waals surface area (Å²) in [5.41, 5.74) is -0.412. The summed E-state index contributed by atoms with van der Waals surface area (Å²) in [6.07, 6.45) is 0. The number of halogens is 2. The van der Waals surface area contributed by atoms with E-state index in [2.05, 4.69) is 15.9 Å². The van der Waals surface area contributed by atoms with Crippen molar-refractivity contribution in [3.8, 4) is 0 Å². The fourth-order valence-corrected chi connectivity index (χ4v) is 2.15. The summed E-state index contributed by atoms with van der Waals surface area (Å²) in [4.78, 5) is 0. The van der Waals surface area contributed by atoms with E-state index in [0.29, 0.717) is 5.56 Å². The molecule has 0 aromatic heterocycles. The Balaban J connectivity index is 2.55. The van der Waals surface area contributed by atoms with Gasteiger partial charge in [-0.25, -0.2) is 4.39 Å². The summed E-state index contributed by atoms with van der Waals surface area (Å²) in [6.45, 7) is 1.59. The third-order valence-electron chi connectivity index (χ3n) is 2.79. The molecule has 1 nitrogen and oxygen atoms in total. The number of hydrogen-bond donors (Lipinski definition) is 1. The van der Waals surface area contributed by atoms with Crippen molar-refractivity contribution in [1.29, 1.82) is 0 Å². The van der Waals surface area contributed by atoms with Gasteiger partial charge >= 0.3 is 0 Å². The molecule has 0 saturated carbocycles. The Hall–Kier alpha value is -1.19. The van der Waals surface area contributed by atoms with E-state index in [9.17, 15) is 9.50 Å². The Kier molecular flexibility index (Phi) is 3.31. The highest BCUT2D eigenvalue weighted by atomic mass is 79.9. The Morgan fingerprint density at radius 2 is 1.76 bits per heavy atom. The summed E-state index contributed by atoms with van der Waals surface area (Å²) in [6, 6.07) is 13.6. The van der Waals surface area contributed by atoms with E-state index >= 15 is 0 Å². The van der Waals surface area contributed by atoms with Crippen molar-refractivity contribution in [3.05, 3.63) is 69.9 Å². The van der Waals surface area contributed by atoms with E-state index in [1.807, 2.05) is 18.2 Å². The monoisotopic (exact) mass is 294 g/mol. The highest BCUT2D eigenvalue weighted by Gasteiger charge is 2.28. The first-order valence-electron chi connectivity index (χ1n) is 5.25. The Morgan fingerprint density at radius 1 is 1.12 bits per heavy atom. The molecular weight excluding hydrogens is 283 g/mol. The zero-order chi connectivity index (χ0) is 12.5. The van der Waals surface area contributed by atoms with Gasteiger partial charge in [0.15, 0.2) is 0 Å². The number of aliphatic hydroxyl groups is 1. The molecule has 0 fully saturated rings. The second-order valence-electron chi connectivity index (χ2n) is 4.06. The summed E-state index contributed by atoms with van der Waals surface area (Å²) >= 11 is 3.28. The lowest BCUT2D eigenvalue weighted by molar-refractivity contribution is 0.0979. The van der Waals surface area contributed by atoms with Crippen molar-refractivity contribution < 1.29 is 9.50 Å². The lowest BCUT2D eigenvalue weighted by Gasteiger charge is -2.25. The van der Waals surface area contributed by atoms with E-state index in [0.717, 1.165) is 4.47 Å². The molecule has 2 rings (SSSR count). The van der Waals surface area contributed by atoms with Crippen LogP contribution < -0.4 is 0 Å². The van der Waals surface area contributed by atoms with Crippen LogP contribution in [0.4, 0.5) is 4.39 Å². The van der Waals surface area contributed by atoms with Gasteiger partial charge in [0.05, 0.1) is 0 Å². The van der Waals surface area contributed by atoms with Crippen LogP contribution in [0.3, 0.4) is 0 Å². The van der Waals surface area contributed by atoms with Crippen molar-refractivity contribution in [2.45, 2.75) is 12.5 Å². The molecule has 1 unspecified atom stereocenters. The maximum atomic E-state index is 13.8. The highest BCUT2D eigenvalue weighted by molar-refractivity contribution is 9.10. The molecule has 0 bridgehead atoms. The van der Waals surface area contributed by atoms with Crippen molar-refractivity contribution in [1.82, 2.24) is 0 Å². The smallest absolute Gasteiger partial charge is 0.129 e. The van der Waals surface area contributed by atoms with Crippen LogP contribution in [0.2, 0.25) is 0 Å². The molecule has 0 aliphatic carbocycles. The molecule has 2 aromatic rings. The first kappa shape index (κ1) is 12.3. The van der Waals surface area contributed by atoms with Crippen molar-refractivity contribution in [3.63, 3.8) is 0 Å². The van der Waals surface area contributed by atoms with Crippen LogP contribution in [-0.4, -0.2) is 5.11 Å². The summed E-state index contributed by atoms with van der Waals surface area (Å²) in [5, 5.41) is 10.5. The molecule has 0 amide bonds. The predicted octanol–water partition coefficient (Wildman–Crippen LogP) is 3.84. The minimum Gasteiger partial charge on any atom is -0.381 e. The van der Waals surface area contributed by atoms with Crippen molar-refractivity contribution in [2.24, 2.45) is 0 Å². The standard InChI is InChI=1S/C14H12BrFO/c1-14(17,10-5-3-2-4-6-10)12-9-11(15)7-8-13(12)16/h2-9,17H,1H3. The molecule has 0 aliphatic rings. The molecule has 17 heavy (non-hydrogen) atoms. The minimum absolute atomic E-state index is 0.262. The first-order chi connectivity index (χ1) is 8.01. The van der Waals surface area contributed by atoms with Gasteiger partial charge in [-0.05, 0) is 30.7 Å². The summed E-state index contributed by atoms with van der Waals surface area (Å²) in [7, 11) is 0. The van der Waals surface area contributed by atoms with Gasteiger partial charge in [0, 0.05) is 10.0 Å². The number of benzene rings is 2. The number of rotatable bonds is 2. The summed E-state index contributed by atoms with van der Waals surface area (Å²) < 4.78 is 14.5. The maximum absolute atomic E-state index is 13.8. The highest BCUT2D eigenvalue weighted by Crippen LogP contribution is 2.32. The van der Waals surface area contributed by atoms with Crippen molar-refractivity contribution in [2.75, 3.05) is 0 Å². The third-order valence-corrected chi connectivity index (χ3v) is 3.28. The molecule has 0 radical (unpaired) electrons. The fourth-order valence-electron chi connectivity index (χ4n) is 1.79. The van der Waals surface area contributed by atoms with Gasteiger partial charge in [-0.1, -0.05) is 46.3 Å². The normalized spacial score (nSPS) is 14.4. The first-order valence-corrected chi connectivity index (χ1v) is 6.04. The molecule has 0 saturated heterocycles. The quantitative estimate of drug-likeness (QED) is 0.892. The molecule has 88 valence electrons. The van der Waals surface area contributed by atoms with Gasteiger partial charge in [-0.15, -0.1) is 0 Å². The minimum atomic E-state index is -1.34. The maximum Gasteiger partial charge on any atom is 0.129 e. The van der Waals surface area contributed by atoms with Gasteiger partial charge in [-0.2, -0.15) is 0 Å². The number of hydrogen-bond acceptors (Lipinski definition) is 1. The molecular formula is C14H12BrFO. The van der Waals surface area contributed by atoms with Gasteiger partial charge in [0.2, 0.25) is 0 Å². The molecule has 3 heteroatoms. The van der Waals surface area contributed by atoms with Crippen LogP contribution in [0.15, 0.2) is 53.0 Å². The van der Waals surface area contributed by atoms with E-state index in [4.69, 9.17) is 0 Å². The second-order valence-corrected chi connectivity index (χ2v) is 4.98. The molecule has 0 aliphatic heterocycles. The Labute approximate surface area is 108 Å². The van der Waals surface area contributed by atoms with Crippen molar-refractivity contribution >= 4 is 15.9 Å². The third kappa shape index (κ3) is 2.40. The van der Waals surface area contributed by atoms with Crippen LogP contribution in [0.5, 0.6) is 0 Å².